The zero-order chi connectivity index (χ0) is 14.3. The monoisotopic (exact) mass is 344 g/mol. The van der Waals surface area contributed by atoms with Crippen molar-refractivity contribution in [3.63, 3.8) is 0 Å². The molecule has 0 radical (unpaired) electrons. The van der Waals surface area contributed by atoms with E-state index in [1.807, 2.05) is 12.1 Å². The van der Waals surface area contributed by atoms with Crippen LogP contribution in [0, 0.1) is 5.92 Å². The molecule has 0 saturated heterocycles. The van der Waals surface area contributed by atoms with Gasteiger partial charge in [-0.2, -0.15) is 0 Å². The molecule has 0 bridgehead atoms. The predicted octanol–water partition coefficient (Wildman–Crippen LogP) is 3.53. The van der Waals surface area contributed by atoms with Crippen molar-refractivity contribution < 1.29 is 0 Å². The molecule has 0 amide bonds. The highest BCUT2D eigenvalue weighted by Gasteiger charge is 2.35. The van der Waals surface area contributed by atoms with Crippen LogP contribution in [0.1, 0.15) is 11.7 Å². The number of nitrogens with one attached hydrogen (secondary N) is 1. The van der Waals surface area contributed by atoms with E-state index in [-0.39, 0.29) is 16.6 Å². The van der Waals surface area contributed by atoms with Gasteiger partial charge in [-0.25, -0.2) is 15.0 Å². The van der Waals surface area contributed by atoms with E-state index in [2.05, 4.69) is 20.3 Å². The van der Waals surface area contributed by atoms with Gasteiger partial charge in [0.05, 0.1) is 4.99 Å². The molecule has 0 fully saturated rings. The Labute approximate surface area is 135 Å². The Morgan fingerprint density at radius 2 is 1.75 bits per heavy atom. The van der Waals surface area contributed by atoms with E-state index < -0.39 is 5.92 Å². The molecule has 20 heavy (non-hydrogen) atoms. The van der Waals surface area contributed by atoms with E-state index >= 15 is 0 Å². The Kier molecular flexibility index (Phi) is 3.77. The Bertz CT molecular complexity index is 666. The molecule has 0 aromatic heterocycles. The number of hydrogen-bond acceptors (Lipinski definition) is 4. The smallest absolute Gasteiger partial charge is 0.225 e. The Hall–Kier alpha value is -1.01. The summed E-state index contributed by atoms with van der Waals surface area (Å²) in [6, 6.07) is 7.33. The zero-order valence-corrected chi connectivity index (χ0v) is 12.9. The minimum Gasteiger partial charge on any atom is -0.354 e. The lowest BCUT2D eigenvalue weighted by atomic mass is 10.0. The first-order valence-corrected chi connectivity index (χ1v) is 7.20. The molecule has 2 atom stereocenters. The highest BCUT2D eigenvalue weighted by molar-refractivity contribution is 7.80. The molecule has 4 nitrogen and oxygen atoms in total. The van der Waals surface area contributed by atoms with E-state index in [1.54, 1.807) is 12.1 Å². The first kappa shape index (κ1) is 13.9. The van der Waals surface area contributed by atoms with Gasteiger partial charge >= 0.3 is 0 Å². The van der Waals surface area contributed by atoms with Gasteiger partial charge in [-0.3, -0.25) is 0 Å². The van der Waals surface area contributed by atoms with E-state index in [0.29, 0.717) is 15.8 Å². The third-order valence-corrected chi connectivity index (χ3v) is 3.97. The number of hydrogen-bond donors (Lipinski definition) is 1. The molecule has 102 valence electrons. The molecular formula is C12H7Cl3N4S. The standard InChI is InChI=1S/C12H7Cl3N4S/c13-6-3-1-5(2-4-6)9-17-10-7(11(20)18-9)8(14)16-12(15)19-10/h1-4,7,9H,(H,18,20). The van der Waals surface area contributed by atoms with Crippen LogP contribution >= 0.6 is 47.0 Å². The quantitative estimate of drug-likeness (QED) is 0.625. The average Bonchev–Trinajstić information content (AvgIpc) is 2.38. The second-order valence-electron chi connectivity index (χ2n) is 4.20. The van der Waals surface area contributed by atoms with Gasteiger partial charge in [0.15, 0.2) is 0 Å². The van der Waals surface area contributed by atoms with E-state index in [9.17, 15) is 0 Å². The summed E-state index contributed by atoms with van der Waals surface area (Å²) >= 11 is 23.1. The average molecular weight is 346 g/mol. The molecule has 8 heteroatoms. The molecular weight excluding hydrogens is 339 g/mol. The molecule has 1 N–H and O–H groups in total. The Balaban J connectivity index is 2.00. The highest BCUT2D eigenvalue weighted by atomic mass is 35.5. The third-order valence-electron chi connectivity index (χ3n) is 2.89. The van der Waals surface area contributed by atoms with E-state index in [0.717, 1.165) is 5.56 Å². The van der Waals surface area contributed by atoms with Crippen LogP contribution in [0.3, 0.4) is 0 Å². The summed E-state index contributed by atoms with van der Waals surface area (Å²) in [6.07, 6.45) is -0.332. The van der Waals surface area contributed by atoms with Crippen molar-refractivity contribution in [3.05, 3.63) is 34.9 Å². The summed E-state index contributed by atoms with van der Waals surface area (Å²) in [5.74, 6) is 0.0522. The molecule has 0 aliphatic carbocycles. The van der Waals surface area contributed by atoms with Crippen molar-refractivity contribution in [1.29, 1.82) is 0 Å². The number of thiocarbonyl (C=S) groups is 1. The number of rotatable bonds is 1. The van der Waals surface area contributed by atoms with Gasteiger partial charge in [-0.15, -0.1) is 0 Å². The maximum Gasteiger partial charge on any atom is 0.225 e. The fourth-order valence-corrected chi connectivity index (χ4v) is 2.98. The van der Waals surface area contributed by atoms with Crippen molar-refractivity contribution >= 4 is 68.3 Å². The predicted molar refractivity (Wildman–Crippen MR) is 87.4 cm³/mol. The second-order valence-corrected chi connectivity index (χ2v) is 5.80. The van der Waals surface area contributed by atoms with Crippen LogP contribution in [0.25, 0.3) is 0 Å². The summed E-state index contributed by atoms with van der Waals surface area (Å²) in [5, 5.41) is 4.11. The Morgan fingerprint density at radius 1 is 1.05 bits per heavy atom. The summed E-state index contributed by atoms with van der Waals surface area (Å²) in [5.41, 5.74) is 0.924. The van der Waals surface area contributed by atoms with Gasteiger partial charge < -0.3 is 5.32 Å². The lowest BCUT2D eigenvalue weighted by molar-refractivity contribution is 0.659. The van der Waals surface area contributed by atoms with Gasteiger partial charge in [0.25, 0.3) is 0 Å². The van der Waals surface area contributed by atoms with Crippen LogP contribution in [-0.2, 0) is 0 Å². The summed E-state index contributed by atoms with van der Waals surface area (Å²) in [6.45, 7) is 0. The maximum absolute atomic E-state index is 6.05. The van der Waals surface area contributed by atoms with Crippen molar-refractivity contribution in [2.75, 3.05) is 0 Å². The SMILES string of the molecule is S=C1NC(c2ccc(Cl)cc2)N=C2N=C(Cl)N=C(Cl)C12. The highest BCUT2D eigenvalue weighted by Crippen LogP contribution is 2.27. The molecule has 1 aromatic rings. The minimum absolute atomic E-state index is 0.0598. The van der Waals surface area contributed by atoms with Gasteiger partial charge in [-0.05, 0) is 29.3 Å². The number of fused-ring (bicyclic) bond motifs is 1. The van der Waals surface area contributed by atoms with Crippen LogP contribution in [0.15, 0.2) is 39.2 Å². The topological polar surface area (TPSA) is 49.1 Å². The van der Waals surface area contributed by atoms with Crippen LogP contribution in [-0.4, -0.2) is 21.3 Å². The molecule has 2 unspecified atom stereocenters. The minimum atomic E-state index is -0.419. The molecule has 1 aromatic carbocycles. The number of aliphatic imine (C=N–C) groups is 3. The van der Waals surface area contributed by atoms with Gasteiger partial charge in [0.1, 0.15) is 23.1 Å². The van der Waals surface area contributed by atoms with Gasteiger partial charge in [-0.1, -0.05) is 47.6 Å². The number of halogens is 3. The number of amidine groups is 2. The van der Waals surface area contributed by atoms with Crippen molar-refractivity contribution in [1.82, 2.24) is 5.32 Å². The normalized spacial score (nSPS) is 25.1. The van der Waals surface area contributed by atoms with Crippen molar-refractivity contribution in [3.8, 4) is 0 Å². The maximum atomic E-state index is 6.05. The molecule has 2 aliphatic heterocycles. The first-order chi connectivity index (χ1) is 9.54. The third kappa shape index (κ3) is 2.59. The molecule has 3 rings (SSSR count). The van der Waals surface area contributed by atoms with E-state index in [1.165, 1.54) is 0 Å². The largest absolute Gasteiger partial charge is 0.354 e. The zero-order valence-electron chi connectivity index (χ0n) is 9.85. The van der Waals surface area contributed by atoms with Crippen molar-refractivity contribution in [2.45, 2.75) is 6.17 Å². The summed E-state index contributed by atoms with van der Waals surface area (Å²) < 4.78 is 0. The molecule has 2 aliphatic rings. The lowest BCUT2D eigenvalue weighted by Gasteiger charge is -2.29. The number of nitrogens with zero attached hydrogens (tertiary/aromatic N) is 3. The number of benzene rings is 1. The van der Waals surface area contributed by atoms with Crippen molar-refractivity contribution in [2.24, 2.45) is 20.9 Å². The molecule has 0 spiro atoms. The van der Waals surface area contributed by atoms with Crippen LogP contribution in [0.4, 0.5) is 0 Å². The Morgan fingerprint density at radius 3 is 2.45 bits per heavy atom. The molecule has 2 heterocycles. The second kappa shape index (κ2) is 5.41. The summed E-state index contributed by atoms with van der Waals surface area (Å²) in [7, 11) is 0. The van der Waals surface area contributed by atoms with Gasteiger partial charge in [0.2, 0.25) is 5.29 Å². The summed E-state index contributed by atoms with van der Waals surface area (Å²) in [4.78, 5) is 13.0. The van der Waals surface area contributed by atoms with Crippen LogP contribution in [0.5, 0.6) is 0 Å². The van der Waals surface area contributed by atoms with Gasteiger partial charge in [0, 0.05) is 5.02 Å². The fraction of sp³-hybridized carbons (Fsp3) is 0.167. The molecule has 0 saturated carbocycles. The van der Waals surface area contributed by atoms with E-state index in [4.69, 9.17) is 47.0 Å². The fourth-order valence-electron chi connectivity index (χ4n) is 1.96. The van der Waals surface area contributed by atoms with Crippen LogP contribution in [0.2, 0.25) is 5.02 Å². The lowest BCUT2D eigenvalue weighted by Crippen LogP contribution is -2.44. The van der Waals surface area contributed by atoms with Crippen LogP contribution < -0.4 is 5.32 Å². The first-order valence-electron chi connectivity index (χ1n) is 5.66.